The predicted molar refractivity (Wildman–Crippen MR) is 78.2 cm³/mol. The SMILES string of the molecule is N=C(N)c1ccc(N2CC3CCCC3C2)cc1Br. The number of nitrogens with two attached hydrogens (primary N) is 1. The molecule has 0 aromatic heterocycles. The van der Waals surface area contributed by atoms with Gasteiger partial charge in [0.25, 0.3) is 0 Å². The Morgan fingerprint density at radius 1 is 1.28 bits per heavy atom. The molecule has 2 unspecified atom stereocenters. The number of hydrogen-bond donors (Lipinski definition) is 2. The van der Waals surface area contributed by atoms with Gasteiger partial charge < -0.3 is 10.6 Å². The van der Waals surface area contributed by atoms with Crippen LogP contribution in [0.4, 0.5) is 5.69 Å². The van der Waals surface area contributed by atoms with E-state index in [9.17, 15) is 0 Å². The van der Waals surface area contributed by atoms with Crippen molar-refractivity contribution in [1.29, 1.82) is 5.41 Å². The lowest BCUT2D eigenvalue weighted by molar-refractivity contribution is 0.494. The zero-order chi connectivity index (χ0) is 12.7. The summed E-state index contributed by atoms with van der Waals surface area (Å²) in [6.07, 6.45) is 4.21. The Morgan fingerprint density at radius 2 is 1.94 bits per heavy atom. The van der Waals surface area contributed by atoms with Gasteiger partial charge in [-0.1, -0.05) is 6.42 Å². The molecule has 2 atom stereocenters. The highest BCUT2D eigenvalue weighted by Gasteiger charge is 2.36. The zero-order valence-corrected chi connectivity index (χ0v) is 11.9. The second-order valence-electron chi connectivity index (χ2n) is 5.43. The lowest BCUT2D eigenvalue weighted by Crippen LogP contribution is -2.21. The molecule has 1 aliphatic carbocycles. The maximum absolute atomic E-state index is 7.49. The first kappa shape index (κ1) is 12.0. The van der Waals surface area contributed by atoms with Crippen LogP contribution in [0.5, 0.6) is 0 Å². The van der Waals surface area contributed by atoms with E-state index in [1.807, 2.05) is 6.07 Å². The van der Waals surface area contributed by atoms with Gasteiger partial charge in [-0.25, -0.2) is 0 Å². The van der Waals surface area contributed by atoms with Gasteiger partial charge in [-0.15, -0.1) is 0 Å². The van der Waals surface area contributed by atoms with E-state index in [4.69, 9.17) is 11.1 Å². The summed E-state index contributed by atoms with van der Waals surface area (Å²) in [5.74, 6) is 1.92. The predicted octanol–water partition coefficient (Wildman–Crippen LogP) is 2.97. The molecule has 1 aromatic rings. The first-order valence-corrected chi connectivity index (χ1v) is 7.33. The van der Waals surface area contributed by atoms with Gasteiger partial charge in [0, 0.05) is 28.8 Å². The molecule has 1 saturated heterocycles. The van der Waals surface area contributed by atoms with E-state index in [0.717, 1.165) is 21.9 Å². The minimum absolute atomic E-state index is 0.117. The van der Waals surface area contributed by atoms with Gasteiger partial charge in [-0.3, -0.25) is 5.41 Å². The van der Waals surface area contributed by atoms with Crippen molar-refractivity contribution >= 4 is 27.5 Å². The van der Waals surface area contributed by atoms with Gasteiger partial charge in [0.1, 0.15) is 5.84 Å². The number of benzene rings is 1. The third-order valence-corrected chi connectivity index (χ3v) is 4.99. The molecule has 2 fully saturated rings. The highest BCUT2D eigenvalue weighted by atomic mass is 79.9. The maximum atomic E-state index is 7.49. The molecule has 1 aliphatic heterocycles. The molecule has 0 spiro atoms. The molecule has 1 heterocycles. The summed E-state index contributed by atoms with van der Waals surface area (Å²) in [6.45, 7) is 2.38. The van der Waals surface area contributed by atoms with Crippen LogP contribution in [0, 0.1) is 17.2 Å². The molecular weight excluding hydrogens is 290 g/mol. The minimum atomic E-state index is 0.117. The van der Waals surface area contributed by atoms with E-state index in [1.54, 1.807) is 0 Å². The van der Waals surface area contributed by atoms with Gasteiger partial charge in [0.2, 0.25) is 0 Å². The molecule has 0 amide bonds. The summed E-state index contributed by atoms with van der Waals surface area (Å²) >= 11 is 3.51. The van der Waals surface area contributed by atoms with Crippen molar-refractivity contribution in [2.45, 2.75) is 19.3 Å². The first-order chi connectivity index (χ1) is 8.65. The summed E-state index contributed by atoms with van der Waals surface area (Å²) in [7, 11) is 0. The molecule has 1 aromatic carbocycles. The van der Waals surface area contributed by atoms with Crippen LogP contribution < -0.4 is 10.6 Å². The molecule has 0 bridgehead atoms. The number of nitrogen functional groups attached to an aromatic ring is 1. The second-order valence-corrected chi connectivity index (χ2v) is 6.29. The van der Waals surface area contributed by atoms with Crippen molar-refractivity contribution in [3.63, 3.8) is 0 Å². The largest absolute Gasteiger partial charge is 0.384 e. The van der Waals surface area contributed by atoms with E-state index in [-0.39, 0.29) is 5.84 Å². The number of amidine groups is 1. The van der Waals surface area contributed by atoms with E-state index >= 15 is 0 Å². The van der Waals surface area contributed by atoms with Gasteiger partial charge in [-0.2, -0.15) is 0 Å². The Kier molecular flexibility index (Phi) is 3.06. The normalized spacial score (nSPS) is 26.4. The van der Waals surface area contributed by atoms with Crippen LogP contribution >= 0.6 is 15.9 Å². The van der Waals surface area contributed by atoms with Crippen LogP contribution in [0.25, 0.3) is 0 Å². The number of nitrogens with zero attached hydrogens (tertiary/aromatic N) is 1. The molecule has 3 nitrogen and oxygen atoms in total. The highest BCUT2D eigenvalue weighted by molar-refractivity contribution is 9.10. The molecule has 2 aliphatic rings. The minimum Gasteiger partial charge on any atom is -0.384 e. The topological polar surface area (TPSA) is 53.1 Å². The fourth-order valence-electron chi connectivity index (χ4n) is 3.37. The Hall–Kier alpha value is -1.03. The summed E-state index contributed by atoms with van der Waals surface area (Å²) in [5, 5.41) is 7.49. The van der Waals surface area contributed by atoms with Crippen molar-refractivity contribution in [3.05, 3.63) is 28.2 Å². The third-order valence-electron chi connectivity index (χ3n) is 4.33. The molecular formula is C14H18BrN3. The van der Waals surface area contributed by atoms with Gasteiger partial charge in [0.15, 0.2) is 0 Å². The Balaban J connectivity index is 1.81. The number of anilines is 1. The van der Waals surface area contributed by atoms with Crippen LogP contribution in [-0.4, -0.2) is 18.9 Å². The quantitative estimate of drug-likeness (QED) is 0.652. The number of fused-ring (bicyclic) bond motifs is 1. The van der Waals surface area contributed by atoms with Crippen LogP contribution in [0.15, 0.2) is 22.7 Å². The van der Waals surface area contributed by atoms with E-state index in [1.165, 1.54) is 38.0 Å². The zero-order valence-electron chi connectivity index (χ0n) is 10.3. The van der Waals surface area contributed by atoms with E-state index in [2.05, 4.69) is 33.0 Å². The number of rotatable bonds is 2. The Morgan fingerprint density at radius 3 is 2.50 bits per heavy atom. The number of nitrogens with one attached hydrogen (secondary N) is 1. The summed E-state index contributed by atoms with van der Waals surface area (Å²) in [6, 6.07) is 6.12. The van der Waals surface area contributed by atoms with E-state index in [0.29, 0.717) is 0 Å². The fourth-order valence-corrected chi connectivity index (χ4v) is 3.95. The van der Waals surface area contributed by atoms with Gasteiger partial charge >= 0.3 is 0 Å². The molecule has 96 valence electrons. The Bertz CT molecular complexity index is 474. The van der Waals surface area contributed by atoms with Crippen LogP contribution in [0.3, 0.4) is 0 Å². The fraction of sp³-hybridized carbons (Fsp3) is 0.500. The lowest BCUT2D eigenvalue weighted by Gasteiger charge is -2.20. The lowest BCUT2D eigenvalue weighted by atomic mass is 10.0. The maximum Gasteiger partial charge on any atom is 0.123 e. The first-order valence-electron chi connectivity index (χ1n) is 6.54. The summed E-state index contributed by atoms with van der Waals surface area (Å²) in [4.78, 5) is 2.48. The van der Waals surface area contributed by atoms with Crippen LogP contribution in [0.1, 0.15) is 24.8 Å². The summed E-state index contributed by atoms with van der Waals surface area (Å²) < 4.78 is 0.921. The summed E-state index contributed by atoms with van der Waals surface area (Å²) in [5.41, 5.74) is 7.56. The molecule has 1 saturated carbocycles. The highest BCUT2D eigenvalue weighted by Crippen LogP contribution is 2.40. The third kappa shape index (κ3) is 2.03. The van der Waals surface area contributed by atoms with E-state index < -0.39 is 0 Å². The van der Waals surface area contributed by atoms with Crippen molar-refractivity contribution in [2.75, 3.05) is 18.0 Å². The second kappa shape index (κ2) is 4.57. The Labute approximate surface area is 116 Å². The van der Waals surface area contributed by atoms with Crippen molar-refractivity contribution in [3.8, 4) is 0 Å². The molecule has 3 rings (SSSR count). The van der Waals surface area contributed by atoms with Crippen LogP contribution in [-0.2, 0) is 0 Å². The van der Waals surface area contributed by atoms with Gasteiger partial charge in [-0.05, 0) is 58.8 Å². The number of halogens is 1. The smallest absolute Gasteiger partial charge is 0.123 e. The van der Waals surface area contributed by atoms with Crippen molar-refractivity contribution in [2.24, 2.45) is 17.6 Å². The average molecular weight is 308 g/mol. The number of hydrogen-bond acceptors (Lipinski definition) is 2. The molecule has 0 radical (unpaired) electrons. The standard InChI is InChI=1S/C14H18BrN3/c15-13-6-11(4-5-12(13)14(16)17)18-7-9-2-1-3-10(9)8-18/h4-6,9-10H,1-3,7-8H2,(H3,16,17). The monoisotopic (exact) mass is 307 g/mol. The average Bonchev–Trinajstić information content (AvgIpc) is 2.87. The van der Waals surface area contributed by atoms with Crippen molar-refractivity contribution < 1.29 is 0 Å². The molecule has 4 heteroatoms. The molecule has 18 heavy (non-hydrogen) atoms. The van der Waals surface area contributed by atoms with Crippen molar-refractivity contribution in [1.82, 2.24) is 0 Å². The molecule has 3 N–H and O–H groups in total. The van der Waals surface area contributed by atoms with Gasteiger partial charge in [0.05, 0.1) is 0 Å². The van der Waals surface area contributed by atoms with Crippen LogP contribution in [0.2, 0.25) is 0 Å².